The van der Waals surface area contributed by atoms with E-state index in [0.29, 0.717) is 0 Å². The maximum atomic E-state index is 2.43. The van der Waals surface area contributed by atoms with Crippen LogP contribution < -0.4 is 0 Å². The molecular formula is C54H34N2S. The molecule has 0 saturated carbocycles. The molecule has 0 amide bonds. The molecular weight excluding hydrogens is 709 g/mol. The molecule has 0 bridgehead atoms. The zero-order valence-electron chi connectivity index (χ0n) is 30.9. The Morgan fingerprint density at radius 2 is 0.825 bits per heavy atom. The molecule has 9 aromatic carbocycles. The van der Waals surface area contributed by atoms with Crippen molar-refractivity contribution in [1.82, 2.24) is 9.13 Å². The van der Waals surface area contributed by atoms with Gasteiger partial charge in [-0.1, -0.05) is 140 Å². The molecule has 266 valence electrons. The van der Waals surface area contributed by atoms with Crippen molar-refractivity contribution < 1.29 is 0 Å². The second-order valence-electron chi connectivity index (χ2n) is 14.9. The molecule has 0 fully saturated rings. The van der Waals surface area contributed by atoms with Gasteiger partial charge in [-0.05, 0) is 100 Å². The number of hydrogen-bond acceptors (Lipinski definition) is 1. The molecule has 12 rings (SSSR count). The molecule has 0 radical (unpaired) electrons. The number of para-hydroxylation sites is 1. The van der Waals surface area contributed by atoms with Crippen LogP contribution in [0.1, 0.15) is 0 Å². The highest BCUT2D eigenvalue weighted by Gasteiger charge is 2.19. The fourth-order valence-corrected chi connectivity index (χ4v) is 10.2. The minimum atomic E-state index is 1.15. The zero-order valence-corrected chi connectivity index (χ0v) is 31.7. The van der Waals surface area contributed by atoms with Gasteiger partial charge < -0.3 is 9.13 Å². The summed E-state index contributed by atoms with van der Waals surface area (Å²) in [4.78, 5) is 0. The lowest BCUT2D eigenvalue weighted by Crippen LogP contribution is -1.94. The maximum Gasteiger partial charge on any atom is 0.0547 e. The van der Waals surface area contributed by atoms with Crippen LogP contribution in [0.15, 0.2) is 206 Å². The lowest BCUT2D eigenvalue weighted by molar-refractivity contribution is 1.18. The summed E-state index contributed by atoms with van der Waals surface area (Å²) in [5, 5.41) is 7.67. The molecule has 0 spiro atoms. The molecule has 12 aromatic rings. The van der Waals surface area contributed by atoms with E-state index in [2.05, 4.69) is 215 Å². The second kappa shape index (κ2) is 12.7. The van der Waals surface area contributed by atoms with Gasteiger partial charge in [0.2, 0.25) is 0 Å². The zero-order chi connectivity index (χ0) is 37.5. The molecule has 2 nitrogen and oxygen atoms in total. The van der Waals surface area contributed by atoms with Gasteiger partial charge >= 0.3 is 0 Å². The van der Waals surface area contributed by atoms with Crippen LogP contribution in [0.5, 0.6) is 0 Å². The fourth-order valence-electron chi connectivity index (χ4n) is 9.10. The van der Waals surface area contributed by atoms with Crippen molar-refractivity contribution in [1.29, 1.82) is 0 Å². The highest BCUT2D eigenvalue weighted by Crippen LogP contribution is 2.42. The Hall–Kier alpha value is -7.20. The summed E-state index contributed by atoms with van der Waals surface area (Å²) in [6, 6.07) is 75.7. The summed E-state index contributed by atoms with van der Waals surface area (Å²) in [5.41, 5.74) is 14.5. The number of rotatable bonds is 5. The minimum Gasteiger partial charge on any atom is -0.309 e. The van der Waals surface area contributed by atoms with Gasteiger partial charge in [-0.2, -0.15) is 0 Å². The van der Waals surface area contributed by atoms with Crippen molar-refractivity contribution in [2.45, 2.75) is 0 Å². The summed E-state index contributed by atoms with van der Waals surface area (Å²) >= 11 is 1.87. The van der Waals surface area contributed by atoms with Crippen molar-refractivity contribution in [2.24, 2.45) is 0 Å². The predicted molar refractivity (Wildman–Crippen MR) is 244 cm³/mol. The SMILES string of the molecule is c1ccc(-c2ccc(-n3c4ccc(-c5ccc6c(c5)c5ccccc5n6-c5ccc6c(c5)sc5ccccc56)cc4c4c(-c5ccccc5)cccc43)cc2)cc1. The van der Waals surface area contributed by atoms with Crippen molar-refractivity contribution >= 4 is 75.1 Å². The van der Waals surface area contributed by atoms with E-state index in [1.807, 2.05) is 11.3 Å². The summed E-state index contributed by atoms with van der Waals surface area (Å²) in [7, 11) is 0. The fraction of sp³-hybridized carbons (Fsp3) is 0. The molecule has 0 saturated heterocycles. The number of aromatic nitrogens is 2. The predicted octanol–water partition coefficient (Wildman–Crippen LogP) is 15.2. The van der Waals surface area contributed by atoms with E-state index in [1.54, 1.807) is 0 Å². The van der Waals surface area contributed by atoms with Crippen LogP contribution >= 0.6 is 11.3 Å². The number of hydrogen-bond donors (Lipinski definition) is 0. The van der Waals surface area contributed by atoms with Crippen molar-refractivity contribution in [3.63, 3.8) is 0 Å². The Labute approximate surface area is 333 Å². The average Bonchev–Trinajstić information content (AvgIpc) is 3.94. The Kier molecular flexibility index (Phi) is 7.13. The van der Waals surface area contributed by atoms with Crippen molar-refractivity contribution in [3.05, 3.63) is 206 Å². The lowest BCUT2D eigenvalue weighted by Gasteiger charge is -2.10. The first-order valence-electron chi connectivity index (χ1n) is 19.5. The second-order valence-corrected chi connectivity index (χ2v) is 16.0. The van der Waals surface area contributed by atoms with Crippen molar-refractivity contribution in [2.75, 3.05) is 0 Å². The maximum absolute atomic E-state index is 2.43. The molecule has 0 aliphatic carbocycles. The molecule has 0 aliphatic rings. The van der Waals surface area contributed by atoms with Gasteiger partial charge in [0.15, 0.2) is 0 Å². The molecule has 3 heteroatoms. The molecule has 3 aromatic heterocycles. The van der Waals surface area contributed by atoms with Crippen LogP contribution in [-0.2, 0) is 0 Å². The smallest absolute Gasteiger partial charge is 0.0547 e. The molecule has 0 aliphatic heterocycles. The van der Waals surface area contributed by atoms with Crippen LogP contribution in [0.4, 0.5) is 0 Å². The first-order chi connectivity index (χ1) is 28.3. The van der Waals surface area contributed by atoms with Gasteiger partial charge in [0.05, 0.1) is 22.1 Å². The molecule has 0 N–H and O–H groups in total. The van der Waals surface area contributed by atoms with E-state index < -0.39 is 0 Å². The lowest BCUT2D eigenvalue weighted by atomic mass is 9.97. The third-order valence-electron chi connectivity index (χ3n) is 11.7. The normalized spacial score (nSPS) is 11.9. The summed E-state index contributed by atoms with van der Waals surface area (Å²) in [6.07, 6.45) is 0. The van der Waals surface area contributed by atoms with Gasteiger partial charge in [0.25, 0.3) is 0 Å². The summed E-state index contributed by atoms with van der Waals surface area (Å²) in [6.45, 7) is 0. The third kappa shape index (κ3) is 5.03. The molecule has 0 unspecified atom stereocenters. The monoisotopic (exact) mass is 742 g/mol. The van der Waals surface area contributed by atoms with Gasteiger partial charge in [-0.15, -0.1) is 11.3 Å². The average molecular weight is 743 g/mol. The van der Waals surface area contributed by atoms with E-state index in [1.165, 1.54) is 103 Å². The van der Waals surface area contributed by atoms with Crippen LogP contribution in [0.2, 0.25) is 0 Å². The highest BCUT2D eigenvalue weighted by atomic mass is 32.1. The van der Waals surface area contributed by atoms with Crippen LogP contribution in [0, 0.1) is 0 Å². The minimum absolute atomic E-state index is 1.15. The Balaban J connectivity index is 1.04. The summed E-state index contributed by atoms with van der Waals surface area (Å²) < 4.78 is 7.50. The van der Waals surface area contributed by atoms with Gasteiger partial charge in [-0.3, -0.25) is 0 Å². The van der Waals surface area contributed by atoms with Gasteiger partial charge in [0, 0.05) is 53.1 Å². The number of fused-ring (bicyclic) bond motifs is 9. The Bertz CT molecular complexity index is 3490. The van der Waals surface area contributed by atoms with Gasteiger partial charge in [-0.25, -0.2) is 0 Å². The largest absolute Gasteiger partial charge is 0.309 e. The first kappa shape index (κ1) is 32.1. The number of thiophene rings is 1. The standard InChI is InChI=1S/C54H34N2S/c1-3-12-35(13-4-1)36-22-26-40(27-23-36)55-50-31-25-39(33-47(50)54-42(18-11-20-51(54)55)37-14-5-2-6-15-37)38-24-30-49-46(32-38)43-16-7-9-19-48(43)56(49)41-28-29-45-44-17-8-10-21-52(44)57-53(45)34-41/h1-34H. The highest BCUT2D eigenvalue weighted by molar-refractivity contribution is 7.25. The molecule has 57 heavy (non-hydrogen) atoms. The number of benzene rings is 9. The topological polar surface area (TPSA) is 9.86 Å². The van der Waals surface area contributed by atoms with E-state index in [4.69, 9.17) is 0 Å². The first-order valence-corrected chi connectivity index (χ1v) is 20.3. The number of nitrogens with zero attached hydrogens (tertiary/aromatic N) is 2. The quantitative estimate of drug-likeness (QED) is 0.166. The van der Waals surface area contributed by atoms with E-state index in [-0.39, 0.29) is 0 Å². The molecule has 3 heterocycles. The third-order valence-corrected chi connectivity index (χ3v) is 12.9. The van der Waals surface area contributed by atoms with Gasteiger partial charge in [0.1, 0.15) is 0 Å². The van der Waals surface area contributed by atoms with Crippen LogP contribution in [0.3, 0.4) is 0 Å². The van der Waals surface area contributed by atoms with Crippen LogP contribution in [0.25, 0.3) is 109 Å². The van der Waals surface area contributed by atoms with Crippen LogP contribution in [-0.4, -0.2) is 9.13 Å². The van der Waals surface area contributed by atoms with Crippen molar-refractivity contribution in [3.8, 4) is 44.8 Å². The Morgan fingerprint density at radius 3 is 1.61 bits per heavy atom. The molecule has 0 atom stereocenters. The van der Waals surface area contributed by atoms with E-state index in [0.717, 1.165) is 5.69 Å². The Morgan fingerprint density at radius 1 is 0.281 bits per heavy atom. The summed E-state index contributed by atoms with van der Waals surface area (Å²) in [5.74, 6) is 0. The van der Waals surface area contributed by atoms with E-state index >= 15 is 0 Å². The van der Waals surface area contributed by atoms with E-state index in [9.17, 15) is 0 Å².